The summed E-state index contributed by atoms with van der Waals surface area (Å²) in [5.41, 5.74) is 2.25. The van der Waals surface area contributed by atoms with Crippen molar-refractivity contribution in [2.24, 2.45) is 0 Å². The summed E-state index contributed by atoms with van der Waals surface area (Å²) in [7, 11) is -1.98. The first-order chi connectivity index (χ1) is 15.6. The predicted octanol–water partition coefficient (Wildman–Crippen LogP) is 3.75. The molecule has 0 aromatic heterocycles. The van der Waals surface area contributed by atoms with Crippen molar-refractivity contribution >= 4 is 39.1 Å². The molecule has 0 bridgehead atoms. The van der Waals surface area contributed by atoms with Gasteiger partial charge in [0.1, 0.15) is 6.04 Å². The van der Waals surface area contributed by atoms with Gasteiger partial charge in [0, 0.05) is 31.6 Å². The first-order valence-corrected chi connectivity index (χ1v) is 13.1. The highest BCUT2D eigenvalue weighted by atomic mass is 35.5. The summed E-state index contributed by atoms with van der Waals surface area (Å²) in [6, 6.07) is 13.8. The Morgan fingerprint density at radius 2 is 1.82 bits per heavy atom. The van der Waals surface area contributed by atoms with Crippen LogP contribution in [0.25, 0.3) is 0 Å². The molecule has 7 nitrogen and oxygen atoms in total. The number of carbonyl (C=O) groups excluding carboxylic acids is 2. The number of carbonyl (C=O) groups is 2. The first-order valence-electron chi connectivity index (χ1n) is 10.9. The Bertz CT molecular complexity index is 1070. The van der Waals surface area contributed by atoms with Crippen LogP contribution in [0.4, 0.5) is 5.69 Å². The second kappa shape index (κ2) is 12.0. The third-order valence-electron chi connectivity index (χ3n) is 5.37. The highest BCUT2D eigenvalue weighted by molar-refractivity contribution is 7.92. The highest BCUT2D eigenvalue weighted by Crippen LogP contribution is 2.22. The van der Waals surface area contributed by atoms with Crippen LogP contribution in [0.15, 0.2) is 48.5 Å². The lowest BCUT2D eigenvalue weighted by Gasteiger charge is -2.31. The van der Waals surface area contributed by atoms with Gasteiger partial charge in [-0.05, 0) is 49.1 Å². The molecule has 0 aliphatic carbocycles. The average molecular weight is 494 g/mol. The molecular formula is C24H32ClN3O4S. The van der Waals surface area contributed by atoms with Gasteiger partial charge in [0.25, 0.3) is 0 Å². The van der Waals surface area contributed by atoms with Gasteiger partial charge in [0.05, 0.1) is 11.9 Å². The second-order valence-corrected chi connectivity index (χ2v) is 10.2. The Hall–Kier alpha value is -2.58. The molecule has 0 saturated carbocycles. The molecular weight excluding hydrogens is 462 g/mol. The fourth-order valence-corrected chi connectivity index (χ4v) is 4.84. The van der Waals surface area contributed by atoms with Gasteiger partial charge in [-0.3, -0.25) is 13.9 Å². The van der Waals surface area contributed by atoms with Crippen molar-refractivity contribution in [2.75, 3.05) is 24.2 Å². The molecule has 33 heavy (non-hydrogen) atoms. The number of hydrogen-bond acceptors (Lipinski definition) is 4. The number of nitrogens with zero attached hydrogens (tertiary/aromatic N) is 2. The molecule has 0 heterocycles. The Balaban J connectivity index is 2.20. The number of rotatable bonds is 11. The fraction of sp³-hybridized carbons (Fsp3) is 0.417. The van der Waals surface area contributed by atoms with Crippen molar-refractivity contribution in [2.45, 2.75) is 45.7 Å². The van der Waals surface area contributed by atoms with Gasteiger partial charge < -0.3 is 10.2 Å². The topological polar surface area (TPSA) is 86.8 Å². The summed E-state index contributed by atoms with van der Waals surface area (Å²) in [5, 5.41) is 3.14. The van der Waals surface area contributed by atoms with Gasteiger partial charge >= 0.3 is 0 Å². The number of benzene rings is 2. The maximum atomic E-state index is 13.2. The SMILES string of the molecule is CC[C@H](C(=O)NC)N(Cc1ccccc1Cl)C(=O)CCCN(c1cccc(C)c1)S(C)(=O)=O. The molecule has 180 valence electrons. The van der Waals surface area contributed by atoms with E-state index < -0.39 is 16.1 Å². The van der Waals surface area contributed by atoms with Gasteiger partial charge in [0.2, 0.25) is 21.8 Å². The van der Waals surface area contributed by atoms with Crippen molar-refractivity contribution in [1.82, 2.24) is 10.2 Å². The lowest BCUT2D eigenvalue weighted by molar-refractivity contribution is -0.141. The van der Waals surface area contributed by atoms with E-state index in [1.807, 2.05) is 32.0 Å². The van der Waals surface area contributed by atoms with E-state index in [1.54, 1.807) is 30.3 Å². The number of halogens is 1. The standard InChI is InChI=1S/C24H32ClN3O4S/c1-5-22(24(30)26-3)27(17-19-11-6-7-13-21(19)25)23(29)14-9-15-28(33(4,31)32)20-12-8-10-18(2)16-20/h6-8,10-13,16,22H,5,9,14-15,17H2,1-4H3,(H,26,30)/t22-/m1/s1. The largest absolute Gasteiger partial charge is 0.357 e. The minimum Gasteiger partial charge on any atom is -0.357 e. The van der Waals surface area contributed by atoms with E-state index in [0.29, 0.717) is 23.6 Å². The first kappa shape index (κ1) is 26.7. The van der Waals surface area contributed by atoms with Crippen LogP contribution in [0.2, 0.25) is 5.02 Å². The third kappa shape index (κ3) is 7.47. The van der Waals surface area contributed by atoms with Crippen LogP contribution in [0.1, 0.15) is 37.3 Å². The summed E-state index contributed by atoms with van der Waals surface area (Å²) in [5.74, 6) is -0.488. The number of aryl methyl sites for hydroxylation is 1. The Morgan fingerprint density at radius 1 is 1.12 bits per heavy atom. The van der Waals surface area contributed by atoms with Crippen LogP contribution in [-0.2, 0) is 26.2 Å². The van der Waals surface area contributed by atoms with E-state index >= 15 is 0 Å². The lowest BCUT2D eigenvalue weighted by atomic mass is 10.1. The molecule has 0 unspecified atom stereocenters. The molecule has 0 aliphatic heterocycles. The maximum absolute atomic E-state index is 13.2. The van der Waals surface area contributed by atoms with Gasteiger partial charge in [-0.15, -0.1) is 0 Å². The fourth-order valence-electron chi connectivity index (χ4n) is 3.68. The van der Waals surface area contributed by atoms with E-state index in [2.05, 4.69) is 5.32 Å². The summed E-state index contributed by atoms with van der Waals surface area (Å²) in [6.07, 6.45) is 1.99. The maximum Gasteiger partial charge on any atom is 0.242 e. The number of likely N-dealkylation sites (N-methyl/N-ethyl adjacent to an activating group) is 1. The summed E-state index contributed by atoms with van der Waals surface area (Å²) >= 11 is 6.30. The molecule has 2 amide bonds. The molecule has 0 spiro atoms. The summed E-state index contributed by atoms with van der Waals surface area (Å²) in [4.78, 5) is 27.2. The number of anilines is 1. The van der Waals surface area contributed by atoms with Crippen LogP contribution in [0.5, 0.6) is 0 Å². The molecule has 2 rings (SSSR count). The monoisotopic (exact) mass is 493 g/mol. The predicted molar refractivity (Wildman–Crippen MR) is 133 cm³/mol. The van der Waals surface area contributed by atoms with Gasteiger partial charge in [-0.25, -0.2) is 8.42 Å². The minimum atomic E-state index is -3.52. The van der Waals surface area contributed by atoms with Crippen LogP contribution in [-0.4, -0.2) is 51.0 Å². The van der Waals surface area contributed by atoms with Crippen molar-refractivity contribution < 1.29 is 18.0 Å². The second-order valence-electron chi connectivity index (χ2n) is 7.93. The number of sulfonamides is 1. The molecule has 1 atom stereocenters. The van der Waals surface area contributed by atoms with E-state index in [9.17, 15) is 18.0 Å². The lowest BCUT2D eigenvalue weighted by Crippen LogP contribution is -2.48. The Labute approximate surface area is 201 Å². The van der Waals surface area contributed by atoms with E-state index in [-0.39, 0.29) is 31.3 Å². The minimum absolute atomic E-state index is 0.0930. The van der Waals surface area contributed by atoms with Crippen molar-refractivity contribution in [3.63, 3.8) is 0 Å². The summed E-state index contributed by atoms with van der Waals surface area (Å²) in [6.45, 7) is 4.09. The van der Waals surface area contributed by atoms with Gasteiger partial charge in [-0.2, -0.15) is 0 Å². The number of nitrogens with one attached hydrogen (secondary N) is 1. The average Bonchev–Trinajstić information content (AvgIpc) is 2.76. The van der Waals surface area contributed by atoms with E-state index in [1.165, 1.54) is 16.3 Å². The van der Waals surface area contributed by atoms with E-state index in [0.717, 1.165) is 17.4 Å². The van der Waals surface area contributed by atoms with Gasteiger partial charge in [-0.1, -0.05) is 48.9 Å². The molecule has 0 aliphatic rings. The van der Waals surface area contributed by atoms with Crippen molar-refractivity contribution in [3.05, 3.63) is 64.7 Å². The van der Waals surface area contributed by atoms with Crippen LogP contribution in [0, 0.1) is 6.92 Å². The van der Waals surface area contributed by atoms with Crippen LogP contribution < -0.4 is 9.62 Å². The zero-order chi connectivity index (χ0) is 24.6. The molecule has 0 fully saturated rings. The van der Waals surface area contributed by atoms with Crippen molar-refractivity contribution in [1.29, 1.82) is 0 Å². The molecule has 2 aromatic rings. The Morgan fingerprint density at radius 3 is 2.39 bits per heavy atom. The number of amides is 2. The smallest absolute Gasteiger partial charge is 0.242 e. The molecule has 9 heteroatoms. The molecule has 1 N–H and O–H groups in total. The molecule has 0 saturated heterocycles. The quantitative estimate of drug-likeness (QED) is 0.516. The van der Waals surface area contributed by atoms with Crippen LogP contribution in [0.3, 0.4) is 0 Å². The summed E-state index contributed by atoms with van der Waals surface area (Å²) < 4.78 is 26.1. The zero-order valence-electron chi connectivity index (χ0n) is 19.5. The van der Waals surface area contributed by atoms with Gasteiger partial charge in [0.15, 0.2) is 0 Å². The Kier molecular flexibility index (Phi) is 9.73. The molecule has 2 aromatic carbocycles. The number of hydrogen-bond donors (Lipinski definition) is 1. The normalized spacial score (nSPS) is 12.2. The zero-order valence-corrected chi connectivity index (χ0v) is 21.1. The van der Waals surface area contributed by atoms with Crippen molar-refractivity contribution in [3.8, 4) is 0 Å². The van der Waals surface area contributed by atoms with Crippen LogP contribution >= 0.6 is 11.6 Å². The third-order valence-corrected chi connectivity index (χ3v) is 6.94. The molecule has 0 radical (unpaired) electrons. The highest BCUT2D eigenvalue weighted by Gasteiger charge is 2.28. The van der Waals surface area contributed by atoms with E-state index in [4.69, 9.17) is 11.6 Å².